The fourth-order valence-corrected chi connectivity index (χ4v) is 3.50. The molecule has 0 aliphatic heterocycles. The van der Waals surface area contributed by atoms with Crippen LogP contribution in [0.1, 0.15) is 11.4 Å². The number of likely N-dealkylation sites (N-methyl/N-ethyl adjacent to an activating group) is 1. The summed E-state index contributed by atoms with van der Waals surface area (Å²) in [4.78, 5) is 18.6. The van der Waals surface area contributed by atoms with E-state index in [1.165, 1.54) is 0 Å². The van der Waals surface area contributed by atoms with Gasteiger partial charge in [-0.2, -0.15) is 0 Å². The molecule has 0 saturated carbocycles. The Kier molecular flexibility index (Phi) is 6.07. The van der Waals surface area contributed by atoms with Crippen LogP contribution in [0.5, 0.6) is 11.5 Å². The third-order valence-corrected chi connectivity index (χ3v) is 5.17. The number of carbonyl (C=O) groups excluding carboxylic acids is 1. The molecule has 2 aromatic carbocycles. The first kappa shape index (κ1) is 18.2. The minimum absolute atomic E-state index is 0.0996. The van der Waals surface area contributed by atoms with E-state index in [0.29, 0.717) is 26.0 Å². The average Bonchev–Trinajstić information content (AvgIpc) is 3.09. The number of aromatic nitrogens is 1. The van der Waals surface area contributed by atoms with Crippen molar-refractivity contribution in [3.8, 4) is 11.5 Å². The summed E-state index contributed by atoms with van der Waals surface area (Å²) in [5, 5.41) is 1.00. The van der Waals surface area contributed by atoms with E-state index in [9.17, 15) is 4.79 Å². The summed E-state index contributed by atoms with van der Waals surface area (Å²) in [6, 6.07) is 15.5. The first-order chi connectivity index (χ1) is 12.7. The van der Waals surface area contributed by atoms with E-state index in [1.54, 1.807) is 30.4 Å². The number of fused-ring (bicyclic) bond motifs is 1. The van der Waals surface area contributed by atoms with Crippen molar-refractivity contribution >= 4 is 27.5 Å². The third-order valence-electron chi connectivity index (χ3n) is 4.07. The number of hydrogen-bond acceptors (Lipinski definition) is 5. The van der Waals surface area contributed by atoms with Crippen LogP contribution in [0.3, 0.4) is 0 Å². The molecule has 0 bridgehead atoms. The largest absolute Gasteiger partial charge is 0.497 e. The highest BCUT2D eigenvalue weighted by Crippen LogP contribution is 2.22. The molecule has 0 radical (unpaired) electrons. The highest BCUT2D eigenvalue weighted by Gasteiger charge is 2.11. The van der Waals surface area contributed by atoms with Crippen molar-refractivity contribution in [1.82, 2.24) is 9.88 Å². The van der Waals surface area contributed by atoms with Crippen LogP contribution in [0.25, 0.3) is 10.2 Å². The number of thiazole rings is 1. The van der Waals surface area contributed by atoms with Crippen LogP contribution < -0.4 is 9.47 Å². The first-order valence-electron chi connectivity index (χ1n) is 8.51. The number of methoxy groups -OCH3 is 1. The monoisotopic (exact) mass is 370 g/mol. The van der Waals surface area contributed by atoms with Crippen LogP contribution in [-0.4, -0.2) is 43.1 Å². The number of aryl methyl sites for hydroxylation is 1. The molecular weight excluding hydrogens is 348 g/mol. The molecule has 26 heavy (non-hydrogen) atoms. The normalized spacial score (nSPS) is 10.7. The molecule has 0 aliphatic rings. The van der Waals surface area contributed by atoms with Gasteiger partial charge in [-0.3, -0.25) is 4.79 Å². The van der Waals surface area contributed by atoms with Crippen LogP contribution >= 0.6 is 11.3 Å². The zero-order valence-electron chi connectivity index (χ0n) is 15.0. The Hall–Kier alpha value is -2.60. The second-order valence-electron chi connectivity index (χ2n) is 5.91. The lowest BCUT2D eigenvalue weighted by Gasteiger charge is -2.17. The molecule has 0 N–H and O–H groups in total. The summed E-state index contributed by atoms with van der Waals surface area (Å²) in [5.74, 6) is 1.66. The van der Waals surface area contributed by atoms with Crippen LogP contribution in [0, 0.1) is 0 Å². The van der Waals surface area contributed by atoms with E-state index in [1.807, 2.05) is 42.5 Å². The highest BCUT2D eigenvalue weighted by atomic mass is 32.1. The molecule has 1 aromatic heterocycles. The molecule has 136 valence electrons. The lowest BCUT2D eigenvalue weighted by atomic mass is 10.3. The minimum atomic E-state index is 0.0996. The van der Waals surface area contributed by atoms with Crippen LogP contribution in [0.15, 0.2) is 48.5 Å². The Morgan fingerprint density at radius 2 is 1.85 bits per heavy atom. The molecule has 0 fully saturated rings. The number of carbonyl (C=O) groups is 1. The summed E-state index contributed by atoms with van der Waals surface area (Å²) >= 11 is 1.65. The molecule has 0 unspecified atom stereocenters. The SMILES string of the molecule is COc1ccc(OCCN(C)C(=O)CCc2nc3ccccc3s2)cc1. The molecule has 5 nitrogen and oxygen atoms in total. The van der Waals surface area contributed by atoms with Crippen LogP contribution in [-0.2, 0) is 11.2 Å². The lowest BCUT2D eigenvalue weighted by molar-refractivity contribution is -0.130. The highest BCUT2D eigenvalue weighted by molar-refractivity contribution is 7.18. The Morgan fingerprint density at radius 3 is 2.58 bits per heavy atom. The van der Waals surface area contributed by atoms with Gasteiger partial charge in [0, 0.05) is 19.9 Å². The fourth-order valence-electron chi connectivity index (χ4n) is 2.53. The van der Waals surface area contributed by atoms with E-state index in [0.717, 1.165) is 26.7 Å². The summed E-state index contributed by atoms with van der Waals surface area (Å²) in [5.41, 5.74) is 1.00. The van der Waals surface area contributed by atoms with Crippen LogP contribution in [0.4, 0.5) is 0 Å². The van der Waals surface area contributed by atoms with Crippen molar-refractivity contribution in [3.05, 3.63) is 53.5 Å². The molecular formula is C20H22N2O3S. The zero-order chi connectivity index (χ0) is 18.4. The molecule has 0 aliphatic carbocycles. The number of ether oxygens (including phenoxy) is 2. The number of para-hydroxylation sites is 1. The van der Waals surface area contributed by atoms with Gasteiger partial charge in [0.15, 0.2) is 0 Å². The van der Waals surface area contributed by atoms with E-state index < -0.39 is 0 Å². The summed E-state index contributed by atoms with van der Waals surface area (Å²) in [6.45, 7) is 1.00. The van der Waals surface area contributed by atoms with E-state index in [2.05, 4.69) is 11.1 Å². The summed E-state index contributed by atoms with van der Waals surface area (Å²) < 4.78 is 11.9. The van der Waals surface area contributed by atoms with Gasteiger partial charge in [0.25, 0.3) is 0 Å². The van der Waals surface area contributed by atoms with E-state index in [-0.39, 0.29) is 5.91 Å². The van der Waals surface area contributed by atoms with Crippen molar-refractivity contribution < 1.29 is 14.3 Å². The second-order valence-corrected chi connectivity index (χ2v) is 7.03. The molecule has 1 amide bonds. The van der Waals surface area contributed by atoms with E-state index in [4.69, 9.17) is 9.47 Å². The van der Waals surface area contributed by atoms with Crippen molar-refractivity contribution in [3.63, 3.8) is 0 Å². The predicted octanol–water partition coefficient (Wildman–Crippen LogP) is 3.77. The van der Waals surface area contributed by atoms with Crippen LogP contribution in [0.2, 0.25) is 0 Å². The number of rotatable bonds is 8. The number of amides is 1. The van der Waals surface area contributed by atoms with Gasteiger partial charge < -0.3 is 14.4 Å². The molecule has 6 heteroatoms. The minimum Gasteiger partial charge on any atom is -0.497 e. The van der Waals surface area contributed by atoms with Gasteiger partial charge in [-0.1, -0.05) is 12.1 Å². The van der Waals surface area contributed by atoms with Crippen molar-refractivity contribution in [2.75, 3.05) is 27.3 Å². The van der Waals surface area contributed by atoms with Crippen molar-refractivity contribution in [2.24, 2.45) is 0 Å². The van der Waals surface area contributed by atoms with Gasteiger partial charge >= 0.3 is 0 Å². The average molecular weight is 370 g/mol. The predicted molar refractivity (Wildman–Crippen MR) is 104 cm³/mol. The molecule has 0 atom stereocenters. The quantitative estimate of drug-likeness (QED) is 0.606. The molecule has 1 heterocycles. The molecule has 0 spiro atoms. The maximum atomic E-state index is 12.3. The smallest absolute Gasteiger partial charge is 0.222 e. The molecule has 3 rings (SSSR count). The first-order valence-corrected chi connectivity index (χ1v) is 9.32. The van der Waals surface area contributed by atoms with Gasteiger partial charge in [-0.15, -0.1) is 11.3 Å². The Balaban J connectivity index is 1.42. The molecule has 3 aromatic rings. The Morgan fingerprint density at radius 1 is 1.12 bits per heavy atom. The topological polar surface area (TPSA) is 51.7 Å². The Labute approximate surface area is 157 Å². The van der Waals surface area contributed by atoms with Gasteiger partial charge in [0.05, 0.1) is 28.9 Å². The summed E-state index contributed by atoms with van der Waals surface area (Å²) in [7, 11) is 3.43. The van der Waals surface area contributed by atoms with Gasteiger partial charge in [-0.05, 0) is 36.4 Å². The number of benzene rings is 2. The fraction of sp³-hybridized carbons (Fsp3) is 0.300. The van der Waals surface area contributed by atoms with Crippen molar-refractivity contribution in [1.29, 1.82) is 0 Å². The number of hydrogen-bond donors (Lipinski definition) is 0. The van der Waals surface area contributed by atoms with Crippen molar-refractivity contribution in [2.45, 2.75) is 12.8 Å². The zero-order valence-corrected chi connectivity index (χ0v) is 15.8. The van der Waals surface area contributed by atoms with Gasteiger partial charge in [-0.25, -0.2) is 4.98 Å². The maximum Gasteiger partial charge on any atom is 0.222 e. The third kappa shape index (κ3) is 4.73. The van der Waals surface area contributed by atoms with Gasteiger partial charge in [0.1, 0.15) is 18.1 Å². The van der Waals surface area contributed by atoms with Gasteiger partial charge in [0.2, 0.25) is 5.91 Å². The molecule has 0 saturated heterocycles. The van der Waals surface area contributed by atoms with E-state index >= 15 is 0 Å². The maximum absolute atomic E-state index is 12.3. The lowest BCUT2D eigenvalue weighted by Crippen LogP contribution is -2.31. The number of nitrogens with zero attached hydrogens (tertiary/aromatic N) is 2. The standard InChI is InChI=1S/C20H22N2O3S/c1-22(13-14-25-16-9-7-15(24-2)8-10-16)20(23)12-11-19-21-17-5-3-4-6-18(17)26-19/h3-10H,11-14H2,1-2H3. The summed E-state index contributed by atoms with van der Waals surface area (Å²) in [6.07, 6.45) is 1.13. The Bertz CT molecular complexity index is 828. The second kappa shape index (κ2) is 8.67.